The number of alkyl halides is 1. The molecule has 2 N–H and O–H groups in total. The highest BCUT2D eigenvalue weighted by Gasteiger charge is 2.22. The van der Waals surface area contributed by atoms with E-state index in [1.165, 1.54) is 43.1 Å². The minimum atomic E-state index is -1.13. The molecule has 0 aromatic heterocycles. The maximum atomic E-state index is 13.7. The lowest BCUT2D eigenvalue weighted by molar-refractivity contribution is -0.113. The van der Waals surface area contributed by atoms with E-state index in [2.05, 4.69) is 41.3 Å². The van der Waals surface area contributed by atoms with Crippen LogP contribution in [0.1, 0.15) is 73.1 Å². The van der Waals surface area contributed by atoms with Gasteiger partial charge >= 0.3 is 0 Å². The standard InChI is InChI=1S/C18H29FN2S.C4H7NO.C2H6.C2H2/c1-18(2,19)14-22-17-10-12-21(13-16(17)20-3)11-9-15-7-5-4-6-8-15;1-2-3-4(5)6;2*1-2/h9H,3-8,10-14H2,1-2H3;2-3H,1H3,(H2,5,6);1-2H3;1-2H/b;3-2+;;. The zero-order valence-corrected chi connectivity index (χ0v) is 21.6. The van der Waals surface area contributed by atoms with Gasteiger partial charge in [0, 0.05) is 30.3 Å². The van der Waals surface area contributed by atoms with Crippen molar-refractivity contribution in [2.24, 2.45) is 10.7 Å². The molecule has 0 spiro atoms. The van der Waals surface area contributed by atoms with E-state index in [1.807, 2.05) is 13.8 Å². The van der Waals surface area contributed by atoms with Gasteiger partial charge in [-0.2, -0.15) is 0 Å². The quantitative estimate of drug-likeness (QED) is 0.208. The molecular weight excluding hydrogens is 421 g/mol. The number of thioether (sulfide) groups is 1. The third-order valence-electron chi connectivity index (χ3n) is 4.60. The first-order chi connectivity index (χ1) is 15.2. The van der Waals surface area contributed by atoms with Gasteiger partial charge in [-0.05, 0) is 65.7 Å². The SMILES string of the molecule is C#C.C/C=C/C(N)=O.C=NC1=C(SCC(C)(C)F)CCN(CC=C2CCCCC2)C1.CC. The van der Waals surface area contributed by atoms with E-state index in [1.54, 1.807) is 44.2 Å². The second kappa shape index (κ2) is 19.8. The van der Waals surface area contributed by atoms with Crippen molar-refractivity contribution in [2.75, 3.05) is 25.4 Å². The van der Waals surface area contributed by atoms with E-state index in [9.17, 15) is 9.18 Å². The average molecular weight is 466 g/mol. The van der Waals surface area contributed by atoms with Gasteiger partial charge in [0.25, 0.3) is 0 Å². The summed E-state index contributed by atoms with van der Waals surface area (Å²) in [6.07, 6.45) is 20.9. The molecule has 4 nitrogen and oxygen atoms in total. The van der Waals surface area contributed by atoms with Crippen LogP contribution in [0.3, 0.4) is 0 Å². The smallest absolute Gasteiger partial charge is 0.241 e. The predicted octanol–water partition coefficient (Wildman–Crippen LogP) is 6.30. The van der Waals surface area contributed by atoms with E-state index in [-0.39, 0.29) is 0 Å². The molecule has 2 aliphatic rings. The number of rotatable bonds is 7. The van der Waals surface area contributed by atoms with Gasteiger partial charge < -0.3 is 5.73 Å². The van der Waals surface area contributed by atoms with E-state index in [0.29, 0.717) is 5.75 Å². The van der Waals surface area contributed by atoms with Crippen molar-refractivity contribution in [2.45, 2.75) is 78.8 Å². The Hall–Kier alpha value is -1.84. The number of hydrogen-bond donors (Lipinski definition) is 1. The summed E-state index contributed by atoms with van der Waals surface area (Å²) >= 11 is 1.61. The Morgan fingerprint density at radius 2 is 1.84 bits per heavy atom. The van der Waals surface area contributed by atoms with Gasteiger partial charge in [-0.1, -0.05) is 38.0 Å². The first-order valence-electron chi connectivity index (χ1n) is 11.4. The number of hydrogen-bond acceptors (Lipinski definition) is 4. The fourth-order valence-corrected chi connectivity index (χ4v) is 4.17. The van der Waals surface area contributed by atoms with Gasteiger partial charge in [0.05, 0.1) is 5.70 Å². The number of nitrogens with zero attached hydrogens (tertiary/aromatic N) is 2. The lowest BCUT2D eigenvalue weighted by Gasteiger charge is -2.29. The van der Waals surface area contributed by atoms with Crippen LogP contribution in [-0.4, -0.2) is 48.6 Å². The maximum absolute atomic E-state index is 13.7. The zero-order valence-electron chi connectivity index (χ0n) is 20.8. The molecule has 182 valence electrons. The average Bonchev–Trinajstić information content (AvgIpc) is 2.79. The minimum absolute atomic E-state index is 0.391. The second-order valence-corrected chi connectivity index (χ2v) is 8.92. The summed E-state index contributed by atoms with van der Waals surface area (Å²) < 4.78 is 13.7. The fraction of sp³-hybridized carbons (Fsp3) is 0.615. The van der Waals surface area contributed by atoms with Crippen LogP contribution in [0.4, 0.5) is 4.39 Å². The Morgan fingerprint density at radius 3 is 2.28 bits per heavy atom. The number of primary amides is 1. The second-order valence-electron chi connectivity index (χ2n) is 7.85. The Morgan fingerprint density at radius 1 is 1.25 bits per heavy atom. The Labute approximate surface area is 200 Å². The molecule has 0 unspecified atom stereocenters. The molecule has 1 fully saturated rings. The highest BCUT2D eigenvalue weighted by atomic mass is 32.2. The molecule has 32 heavy (non-hydrogen) atoms. The van der Waals surface area contributed by atoms with Crippen molar-refractivity contribution in [1.29, 1.82) is 0 Å². The first kappa shape index (κ1) is 32.3. The van der Waals surface area contributed by atoms with Gasteiger partial charge in [0.15, 0.2) is 0 Å². The highest BCUT2D eigenvalue weighted by Crippen LogP contribution is 2.32. The highest BCUT2D eigenvalue weighted by molar-refractivity contribution is 8.03. The number of amides is 1. The van der Waals surface area contributed by atoms with Crippen LogP contribution in [0.2, 0.25) is 0 Å². The van der Waals surface area contributed by atoms with Gasteiger partial charge in [0.2, 0.25) is 5.91 Å². The molecule has 0 bridgehead atoms. The summed E-state index contributed by atoms with van der Waals surface area (Å²) in [5.74, 6) is 0.100. The van der Waals surface area contributed by atoms with E-state index >= 15 is 0 Å². The first-order valence-corrected chi connectivity index (χ1v) is 12.4. The molecule has 0 aromatic carbocycles. The van der Waals surface area contributed by atoms with E-state index in [4.69, 9.17) is 0 Å². The molecule has 0 saturated heterocycles. The third kappa shape index (κ3) is 16.8. The maximum Gasteiger partial charge on any atom is 0.241 e. The van der Waals surface area contributed by atoms with Crippen molar-refractivity contribution in [1.82, 2.24) is 4.90 Å². The van der Waals surface area contributed by atoms with Crippen LogP contribution in [0.5, 0.6) is 0 Å². The molecule has 0 radical (unpaired) electrons. The van der Waals surface area contributed by atoms with Crippen LogP contribution in [0.25, 0.3) is 0 Å². The van der Waals surface area contributed by atoms with Crippen LogP contribution >= 0.6 is 11.8 Å². The van der Waals surface area contributed by atoms with Crippen LogP contribution < -0.4 is 5.73 Å². The Kier molecular flexibility index (Phi) is 20.0. The van der Waals surface area contributed by atoms with Crippen LogP contribution in [0, 0.1) is 12.8 Å². The molecule has 0 atom stereocenters. The summed E-state index contributed by atoms with van der Waals surface area (Å²) in [7, 11) is 0. The molecule has 0 aromatic rings. The van der Waals surface area contributed by atoms with Crippen molar-refractivity contribution in [3.63, 3.8) is 0 Å². The van der Waals surface area contributed by atoms with Gasteiger partial charge in [0.1, 0.15) is 5.67 Å². The molecule has 1 aliphatic heterocycles. The van der Waals surface area contributed by atoms with Gasteiger partial charge in [-0.15, -0.1) is 24.6 Å². The number of nitrogens with two attached hydrogens (primary N) is 1. The number of allylic oxidation sites excluding steroid dienone is 2. The number of terminal acetylenes is 1. The number of carbonyl (C=O) groups is 1. The fourth-order valence-electron chi connectivity index (χ4n) is 3.12. The van der Waals surface area contributed by atoms with Crippen molar-refractivity contribution in [3.8, 4) is 12.8 Å². The molecule has 1 aliphatic carbocycles. The van der Waals surface area contributed by atoms with Crippen molar-refractivity contribution in [3.05, 3.63) is 34.4 Å². The monoisotopic (exact) mass is 465 g/mol. The number of carbonyl (C=O) groups excluding carboxylic acids is 1. The lowest BCUT2D eigenvalue weighted by atomic mass is 9.94. The molecule has 1 saturated carbocycles. The van der Waals surface area contributed by atoms with E-state index in [0.717, 1.165) is 31.8 Å². The lowest BCUT2D eigenvalue weighted by Crippen LogP contribution is -2.31. The molecule has 6 heteroatoms. The zero-order chi connectivity index (χ0) is 25.0. The van der Waals surface area contributed by atoms with E-state index < -0.39 is 11.6 Å². The Balaban J connectivity index is 0. The van der Waals surface area contributed by atoms with Crippen LogP contribution in [-0.2, 0) is 4.79 Å². The summed E-state index contributed by atoms with van der Waals surface area (Å²) in [6.45, 7) is 15.6. The normalized spacial score (nSPS) is 16.6. The summed E-state index contributed by atoms with van der Waals surface area (Å²) in [4.78, 5) is 17.6. The third-order valence-corrected chi connectivity index (χ3v) is 6.21. The Bertz CT molecular complexity index is 637. The topological polar surface area (TPSA) is 58.7 Å². The summed E-state index contributed by atoms with van der Waals surface area (Å²) in [6, 6.07) is 0. The number of aliphatic imine (C=N–C) groups is 1. The van der Waals surface area contributed by atoms with Crippen molar-refractivity contribution < 1.29 is 9.18 Å². The van der Waals surface area contributed by atoms with Gasteiger partial charge in [-0.3, -0.25) is 14.7 Å². The molecular formula is C26H44FN3OS. The molecule has 1 amide bonds. The summed E-state index contributed by atoms with van der Waals surface area (Å²) in [5, 5.41) is 0. The van der Waals surface area contributed by atoms with Crippen LogP contribution in [0.15, 0.2) is 39.4 Å². The largest absolute Gasteiger partial charge is 0.366 e. The predicted molar refractivity (Wildman–Crippen MR) is 142 cm³/mol. The molecule has 2 rings (SSSR count). The molecule has 1 heterocycles. The summed E-state index contributed by atoms with van der Waals surface area (Å²) in [5.41, 5.74) is 6.22. The minimum Gasteiger partial charge on any atom is -0.366 e. The number of halogens is 1. The van der Waals surface area contributed by atoms with Crippen molar-refractivity contribution >= 4 is 24.4 Å². The van der Waals surface area contributed by atoms with Gasteiger partial charge in [-0.25, -0.2) is 4.39 Å².